The molecule has 1 aromatic carbocycles. The summed E-state index contributed by atoms with van der Waals surface area (Å²) in [5.41, 5.74) is -0.202. The molecule has 0 spiro atoms. The van der Waals surface area contributed by atoms with Crippen LogP contribution in [0.2, 0.25) is 0 Å². The highest BCUT2D eigenvalue weighted by molar-refractivity contribution is 5.81. The zero-order valence-electron chi connectivity index (χ0n) is 8.45. The van der Waals surface area contributed by atoms with Gasteiger partial charge in [-0.3, -0.25) is 0 Å². The molecule has 84 valence electrons. The van der Waals surface area contributed by atoms with E-state index in [9.17, 15) is 13.9 Å². The molecule has 0 saturated carbocycles. The lowest BCUT2D eigenvalue weighted by atomic mass is 10.2. The monoisotopic (exact) mass is 225 g/mol. The fourth-order valence-corrected chi connectivity index (χ4v) is 1.45. The fourth-order valence-electron chi connectivity index (χ4n) is 1.45. The second kappa shape index (κ2) is 3.92. The first-order valence-electron chi connectivity index (χ1n) is 4.57. The molecule has 5 heteroatoms. The van der Waals surface area contributed by atoms with Gasteiger partial charge in [0.1, 0.15) is 17.2 Å². The highest BCUT2D eigenvalue weighted by Gasteiger charge is 2.15. The number of nitrogens with zero attached hydrogens (tertiary/aromatic N) is 1. The Morgan fingerprint density at radius 3 is 2.69 bits per heavy atom. The van der Waals surface area contributed by atoms with Crippen molar-refractivity contribution in [3.63, 3.8) is 0 Å². The van der Waals surface area contributed by atoms with Gasteiger partial charge in [-0.05, 0) is 24.3 Å². The van der Waals surface area contributed by atoms with Crippen LogP contribution in [0.15, 0.2) is 24.3 Å². The van der Waals surface area contributed by atoms with E-state index in [1.165, 1.54) is 13.2 Å². The van der Waals surface area contributed by atoms with Crippen molar-refractivity contribution in [1.29, 1.82) is 0 Å². The van der Waals surface area contributed by atoms with Crippen molar-refractivity contribution >= 4 is 10.9 Å². The average Bonchev–Trinajstić information content (AvgIpc) is 2.27. The maximum atomic E-state index is 12.5. The van der Waals surface area contributed by atoms with Gasteiger partial charge in [0.05, 0.1) is 12.6 Å². The van der Waals surface area contributed by atoms with E-state index in [0.29, 0.717) is 16.7 Å². The summed E-state index contributed by atoms with van der Waals surface area (Å²) in [6, 6.07) is 6.07. The number of pyridine rings is 1. The number of hydrogen-bond acceptors (Lipinski definition) is 3. The van der Waals surface area contributed by atoms with Crippen LogP contribution in [0.25, 0.3) is 10.9 Å². The Kier molecular flexibility index (Phi) is 2.60. The van der Waals surface area contributed by atoms with Crippen LogP contribution in [0.3, 0.4) is 0 Å². The number of aromatic nitrogens is 1. The number of hydrogen-bond donors (Lipinski definition) is 1. The highest BCUT2D eigenvalue weighted by Crippen LogP contribution is 2.30. The van der Waals surface area contributed by atoms with Crippen molar-refractivity contribution in [1.82, 2.24) is 4.98 Å². The molecule has 0 aliphatic carbocycles. The lowest BCUT2D eigenvalue weighted by Gasteiger charge is -2.06. The number of fused-ring (bicyclic) bond motifs is 1. The lowest BCUT2D eigenvalue weighted by molar-refractivity contribution is 0.142. The predicted molar refractivity (Wildman–Crippen MR) is 54.9 cm³/mol. The van der Waals surface area contributed by atoms with Crippen molar-refractivity contribution in [3.05, 3.63) is 30.0 Å². The molecule has 0 unspecified atom stereocenters. The van der Waals surface area contributed by atoms with Gasteiger partial charge in [-0.25, -0.2) is 13.8 Å². The van der Waals surface area contributed by atoms with Gasteiger partial charge in [-0.15, -0.1) is 0 Å². The number of methoxy groups -OCH3 is 1. The van der Waals surface area contributed by atoms with Gasteiger partial charge in [0.25, 0.3) is 6.43 Å². The van der Waals surface area contributed by atoms with E-state index < -0.39 is 17.9 Å². The molecule has 0 fully saturated rings. The van der Waals surface area contributed by atoms with Crippen LogP contribution >= 0.6 is 0 Å². The Morgan fingerprint density at radius 1 is 1.31 bits per heavy atom. The van der Waals surface area contributed by atoms with E-state index in [1.54, 1.807) is 18.2 Å². The van der Waals surface area contributed by atoms with Crippen molar-refractivity contribution < 1.29 is 18.6 Å². The molecule has 1 N–H and O–H groups in total. The molecule has 0 amide bonds. The smallest absolute Gasteiger partial charge is 0.284 e. The quantitative estimate of drug-likeness (QED) is 0.854. The van der Waals surface area contributed by atoms with Gasteiger partial charge < -0.3 is 9.84 Å². The lowest BCUT2D eigenvalue weighted by Crippen LogP contribution is -1.92. The molecule has 0 aliphatic heterocycles. The van der Waals surface area contributed by atoms with Crippen molar-refractivity contribution in [2.45, 2.75) is 6.43 Å². The number of aromatic hydroxyl groups is 1. The number of benzene rings is 1. The number of rotatable bonds is 2. The van der Waals surface area contributed by atoms with Crippen LogP contribution in [-0.2, 0) is 0 Å². The molecular weight excluding hydrogens is 216 g/mol. The van der Waals surface area contributed by atoms with E-state index >= 15 is 0 Å². The molecular formula is C11H9F2NO2. The second-order valence-corrected chi connectivity index (χ2v) is 3.25. The molecule has 0 radical (unpaired) electrons. The van der Waals surface area contributed by atoms with Crippen LogP contribution in [0.5, 0.6) is 11.5 Å². The van der Waals surface area contributed by atoms with E-state index in [-0.39, 0.29) is 0 Å². The molecule has 0 aliphatic rings. The summed E-state index contributed by atoms with van der Waals surface area (Å²) in [6.07, 6.45) is -2.79. The minimum Gasteiger partial charge on any atom is -0.506 e. The number of halogens is 2. The molecule has 2 rings (SSSR count). The minimum absolute atomic E-state index is 0.397. The third kappa shape index (κ3) is 1.76. The Bertz CT molecular complexity index is 529. The zero-order valence-corrected chi connectivity index (χ0v) is 8.45. The van der Waals surface area contributed by atoms with Crippen molar-refractivity contribution in [2.24, 2.45) is 0 Å². The molecule has 2 aromatic rings. The first kappa shape index (κ1) is 10.6. The van der Waals surface area contributed by atoms with Crippen LogP contribution in [-0.4, -0.2) is 17.2 Å². The SMILES string of the molecule is COc1ccc2nc(C(F)F)c(O)cc2c1. The van der Waals surface area contributed by atoms with E-state index in [0.717, 1.165) is 0 Å². The largest absolute Gasteiger partial charge is 0.506 e. The predicted octanol–water partition coefficient (Wildman–Crippen LogP) is 2.89. The first-order valence-corrected chi connectivity index (χ1v) is 4.57. The molecule has 1 heterocycles. The topological polar surface area (TPSA) is 42.4 Å². The van der Waals surface area contributed by atoms with Gasteiger partial charge in [-0.1, -0.05) is 0 Å². The van der Waals surface area contributed by atoms with Crippen LogP contribution in [0.4, 0.5) is 8.78 Å². The highest BCUT2D eigenvalue weighted by atomic mass is 19.3. The Balaban J connectivity index is 2.64. The fraction of sp³-hybridized carbons (Fsp3) is 0.182. The van der Waals surface area contributed by atoms with Gasteiger partial charge in [0.2, 0.25) is 0 Å². The van der Waals surface area contributed by atoms with Crippen LogP contribution in [0.1, 0.15) is 12.1 Å². The van der Waals surface area contributed by atoms with Gasteiger partial charge in [0.15, 0.2) is 0 Å². The first-order chi connectivity index (χ1) is 7.61. The van der Waals surface area contributed by atoms with E-state index in [2.05, 4.69) is 4.98 Å². The normalized spacial score (nSPS) is 11.0. The van der Waals surface area contributed by atoms with Gasteiger partial charge in [-0.2, -0.15) is 0 Å². The maximum absolute atomic E-state index is 12.5. The summed E-state index contributed by atoms with van der Waals surface area (Å²) in [7, 11) is 1.50. The maximum Gasteiger partial charge on any atom is 0.284 e. The summed E-state index contributed by atoms with van der Waals surface area (Å²) in [6.45, 7) is 0. The molecule has 0 atom stereocenters. The Hall–Kier alpha value is -1.91. The minimum atomic E-state index is -2.79. The summed E-state index contributed by atoms with van der Waals surface area (Å²) in [5.74, 6) is 0.0780. The summed E-state index contributed by atoms with van der Waals surface area (Å²) < 4.78 is 29.9. The van der Waals surface area contributed by atoms with Crippen molar-refractivity contribution in [3.8, 4) is 11.5 Å². The summed E-state index contributed by atoms with van der Waals surface area (Å²) >= 11 is 0. The number of ether oxygens (including phenoxy) is 1. The average molecular weight is 225 g/mol. The molecule has 16 heavy (non-hydrogen) atoms. The molecule has 3 nitrogen and oxygen atoms in total. The standard InChI is InChI=1S/C11H9F2NO2/c1-16-7-2-3-8-6(4-7)5-9(15)10(14-8)11(12)13/h2-5,11,15H,1H3. The van der Waals surface area contributed by atoms with E-state index in [4.69, 9.17) is 4.74 Å². The zero-order chi connectivity index (χ0) is 11.7. The third-order valence-corrected chi connectivity index (χ3v) is 2.24. The summed E-state index contributed by atoms with van der Waals surface area (Å²) in [5, 5.41) is 9.92. The second-order valence-electron chi connectivity index (χ2n) is 3.25. The molecule has 0 saturated heterocycles. The van der Waals surface area contributed by atoms with Gasteiger partial charge in [0, 0.05) is 5.39 Å². The number of alkyl halides is 2. The van der Waals surface area contributed by atoms with Crippen molar-refractivity contribution in [2.75, 3.05) is 7.11 Å². The third-order valence-electron chi connectivity index (χ3n) is 2.24. The Labute approximate surface area is 90.3 Å². The Morgan fingerprint density at radius 2 is 2.06 bits per heavy atom. The molecule has 1 aromatic heterocycles. The van der Waals surface area contributed by atoms with Crippen LogP contribution < -0.4 is 4.74 Å². The summed E-state index contributed by atoms with van der Waals surface area (Å²) in [4.78, 5) is 3.69. The molecule has 0 bridgehead atoms. The van der Waals surface area contributed by atoms with E-state index in [1.807, 2.05) is 0 Å². The van der Waals surface area contributed by atoms with Crippen LogP contribution in [0, 0.1) is 0 Å². The van der Waals surface area contributed by atoms with Gasteiger partial charge >= 0.3 is 0 Å².